The van der Waals surface area contributed by atoms with Crippen molar-refractivity contribution in [3.05, 3.63) is 24.3 Å². The van der Waals surface area contributed by atoms with Crippen LogP contribution in [0.4, 0.5) is 5.69 Å². The van der Waals surface area contributed by atoms with Gasteiger partial charge in [0.2, 0.25) is 0 Å². The normalized spacial score (nSPS) is 16.4. The summed E-state index contributed by atoms with van der Waals surface area (Å²) >= 11 is 0. The second-order valence-corrected chi connectivity index (χ2v) is 7.14. The maximum atomic E-state index is 12.4. The number of para-hydroxylation sites is 1. The Hall–Kier alpha value is -1.40. The van der Waals surface area contributed by atoms with Crippen molar-refractivity contribution in [1.29, 1.82) is 0 Å². The van der Waals surface area contributed by atoms with Crippen molar-refractivity contribution in [2.24, 2.45) is 10.9 Å². The third-order valence-corrected chi connectivity index (χ3v) is 4.86. The number of fused-ring (bicyclic) bond motifs is 1. The Labute approximate surface area is 120 Å². The first kappa shape index (κ1) is 15.0. The third kappa shape index (κ3) is 3.37. The van der Waals surface area contributed by atoms with E-state index in [1.165, 1.54) is 10.6 Å². The van der Waals surface area contributed by atoms with Crippen LogP contribution in [0.5, 0.6) is 0 Å². The molecule has 2 rings (SSSR count). The first-order valence-electron chi connectivity index (χ1n) is 6.87. The lowest BCUT2D eigenvalue weighted by atomic mass is 10.2. The van der Waals surface area contributed by atoms with Gasteiger partial charge in [-0.1, -0.05) is 26.0 Å². The molecular formula is C14H21N3O2S. The van der Waals surface area contributed by atoms with Crippen LogP contribution >= 0.6 is 0 Å². The van der Waals surface area contributed by atoms with Crippen LogP contribution in [-0.2, 0) is 10.0 Å². The highest BCUT2D eigenvalue weighted by atomic mass is 32.2. The minimum atomic E-state index is -3.43. The summed E-state index contributed by atoms with van der Waals surface area (Å²) in [6.07, 6.45) is 2.18. The highest BCUT2D eigenvalue weighted by Crippen LogP contribution is 2.29. The Kier molecular flexibility index (Phi) is 4.77. The predicted molar refractivity (Wildman–Crippen MR) is 80.8 cm³/mol. The van der Waals surface area contributed by atoms with Crippen molar-refractivity contribution < 1.29 is 8.42 Å². The van der Waals surface area contributed by atoms with Gasteiger partial charge in [-0.3, -0.25) is 4.31 Å². The molecule has 0 saturated carbocycles. The minimum Gasteiger partial charge on any atom is -0.316 e. The van der Waals surface area contributed by atoms with Gasteiger partial charge in [0.05, 0.1) is 5.69 Å². The van der Waals surface area contributed by atoms with Crippen LogP contribution in [0.25, 0.3) is 0 Å². The molecule has 1 N–H and O–H groups in total. The van der Waals surface area contributed by atoms with E-state index in [9.17, 15) is 8.42 Å². The van der Waals surface area contributed by atoms with E-state index in [1.54, 1.807) is 24.3 Å². The lowest BCUT2D eigenvalue weighted by molar-refractivity contribution is 0.492. The van der Waals surface area contributed by atoms with E-state index in [2.05, 4.69) is 24.2 Å². The van der Waals surface area contributed by atoms with Gasteiger partial charge in [-0.15, -0.1) is 0 Å². The zero-order valence-corrected chi connectivity index (χ0v) is 12.7. The van der Waals surface area contributed by atoms with Gasteiger partial charge in [-0.2, -0.15) is 0 Å². The Balaban J connectivity index is 1.95. The lowest BCUT2D eigenvalue weighted by Gasteiger charge is -2.24. The van der Waals surface area contributed by atoms with Crippen LogP contribution in [0.3, 0.4) is 0 Å². The third-order valence-electron chi connectivity index (χ3n) is 3.06. The van der Waals surface area contributed by atoms with E-state index in [0.717, 1.165) is 19.5 Å². The topological polar surface area (TPSA) is 61.8 Å². The predicted octanol–water partition coefficient (Wildman–Crippen LogP) is 1.99. The molecule has 1 heterocycles. The van der Waals surface area contributed by atoms with E-state index >= 15 is 0 Å². The lowest BCUT2D eigenvalue weighted by Crippen LogP contribution is -2.34. The smallest absolute Gasteiger partial charge is 0.267 e. The molecule has 0 saturated heterocycles. The maximum absolute atomic E-state index is 12.4. The largest absolute Gasteiger partial charge is 0.316 e. The molecule has 5 nitrogen and oxygen atoms in total. The summed E-state index contributed by atoms with van der Waals surface area (Å²) in [5.41, 5.74) is 0.515. The Morgan fingerprint density at radius 3 is 2.80 bits per heavy atom. The summed E-state index contributed by atoms with van der Waals surface area (Å²) < 4.78 is 26.1. The monoisotopic (exact) mass is 295 g/mol. The van der Waals surface area contributed by atoms with E-state index in [0.29, 0.717) is 18.2 Å². The first-order valence-corrected chi connectivity index (χ1v) is 8.31. The van der Waals surface area contributed by atoms with Gasteiger partial charge >= 0.3 is 0 Å². The van der Waals surface area contributed by atoms with Crippen LogP contribution < -0.4 is 5.32 Å². The Morgan fingerprint density at radius 2 is 2.05 bits per heavy atom. The van der Waals surface area contributed by atoms with E-state index in [4.69, 9.17) is 0 Å². The highest BCUT2D eigenvalue weighted by molar-refractivity contribution is 7.89. The number of nitrogens with one attached hydrogen (secondary N) is 1. The summed E-state index contributed by atoms with van der Waals surface area (Å²) in [5.74, 6) is 0.599. The molecule has 0 spiro atoms. The zero-order valence-electron chi connectivity index (χ0n) is 11.9. The van der Waals surface area contributed by atoms with Gasteiger partial charge in [-0.05, 0) is 37.6 Å². The van der Waals surface area contributed by atoms with Crippen LogP contribution in [0, 0.1) is 5.92 Å². The average molecular weight is 295 g/mol. The van der Waals surface area contributed by atoms with Gasteiger partial charge in [0.1, 0.15) is 11.2 Å². The number of hydrogen-bond donors (Lipinski definition) is 1. The van der Waals surface area contributed by atoms with Gasteiger partial charge in [-0.25, -0.2) is 13.4 Å². The average Bonchev–Trinajstić information content (AvgIpc) is 2.40. The van der Waals surface area contributed by atoms with Crippen molar-refractivity contribution in [2.75, 3.05) is 19.6 Å². The molecule has 1 aliphatic rings. The highest BCUT2D eigenvalue weighted by Gasteiger charge is 2.27. The number of aliphatic imine (C=N–C) groups is 1. The molecule has 0 atom stereocenters. The molecule has 0 aliphatic carbocycles. The molecular weight excluding hydrogens is 274 g/mol. The molecule has 1 aromatic rings. The van der Waals surface area contributed by atoms with E-state index in [-0.39, 0.29) is 4.90 Å². The van der Waals surface area contributed by atoms with Crippen molar-refractivity contribution in [2.45, 2.75) is 25.2 Å². The second kappa shape index (κ2) is 6.37. The molecule has 0 bridgehead atoms. The fourth-order valence-electron chi connectivity index (χ4n) is 2.03. The molecule has 20 heavy (non-hydrogen) atoms. The number of rotatable bonds is 6. The summed E-state index contributed by atoms with van der Waals surface area (Å²) in [4.78, 5) is 4.49. The molecule has 110 valence electrons. The fourth-order valence-corrected chi connectivity index (χ4v) is 3.45. The number of nitrogens with zero attached hydrogens (tertiary/aromatic N) is 2. The molecule has 0 unspecified atom stereocenters. The molecule has 0 aromatic heterocycles. The standard InChI is InChI=1S/C14H21N3O2S/c1-12(2)10-15-8-5-9-17-11-16-13-6-3-4-7-14(13)20(17,18)19/h3-4,6-7,11-12,15H,5,8-10H2,1-2H3. The van der Waals surface area contributed by atoms with Gasteiger partial charge in [0.15, 0.2) is 0 Å². The van der Waals surface area contributed by atoms with Crippen LogP contribution in [0.2, 0.25) is 0 Å². The van der Waals surface area contributed by atoms with Crippen LogP contribution in [-0.4, -0.2) is 38.7 Å². The molecule has 0 radical (unpaired) electrons. The minimum absolute atomic E-state index is 0.289. The van der Waals surface area contributed by atoms with Crippen LogP contribution in [0.1, 0.15) is 20.3 Å². The van der Waals surface area contributed by atoms with Crippen molar-refractivity contribution >= 4 is 22.0 Å². The number of hydrogen-bond acceptors (Lipinski definition) is 4. The van der Waals surface area contributed by atoms with Crippen molar-refractivity contribution in [3.63, 3.8) is 0 Å². The fraction of sp³-hybridized carbons (Fsp3) is 0.500. The summed E-state index contributed by atoms with van der Waals surface area (Å²) in [7, 11) is -3.43. The summed E-state index contributed by atoms with van der Waals surface area (Å²) in [6.45, 7) is 6.49. The molecule has 1 aromatic carbocycles. The summed E-state index contributed by atoms with van der Waals surface area (Å²) in [5, 5.41) is 3.30. The molecule has 6 heteroatoms. The van der Waals surface area contributed by atoms with Crippen molar-refractivity contribution in [3.8, 4) is 0 Å². The van der Waals surface area contributed by atoms with E-state index < -0.39 is 10.0 Å². The Bertz CT molecular complexity index is 582. The number of sulfonamides is 1. The summed E-state index contributed by atoms with van der Waals surface area (Å²) in [6, 6.07) is 6.83. The second-order valence-electron chi connectivity index (χ2n) is 5.28. The molecule has 0 amide bonds. The van der Waals surface area contributed by atoms with Crippen LogP contribution in [0.15, 0.2) is 34.2 Å². The van der Waals surface area contributed by atoms with E-state index in [1.807, 2.05) is 0 Å². The number of benzene rings is 1. The van der Waals surface area contributed by atoms with Gasteiger partial charge in [0.25, 0.3) is 10.0 Å². The van der Waals surface area contributed by atoms with Crippen molar-refractivity contribution in [1.82, 2.24) is 9.62 Å². The zero-order chi connectivity index (χ0) is 14.6. The SMILES string of the molecule is CC(C)CNCCCN1C=Nc2ccccc2S1(=O)=O. The first-order chi connectivity index (χ1) is 9.51. The molecule has 0 fully saturated rings. The quantitative estimate of drug-likeness (QED) is 0.816. The molecule has 1 aliphatic heterocycles. The maximum Gasteiger partial charge on any atom is 0.267 e. The van der Waals surface area contributed by atoms with Gasteiger partial charge < -0.3 is 5.32 Å². The van der Waals surface area contributed by atoms with Gasteiger partial charge in [0, 0.05) is 6.54 Å². The Morgan fingerprint density at radius 1 is 1.30 bits per heavy atom.